The van der Waals surface area contributed by atoms with E-state index in [0.29, 0.717) is 12.6 Å². The molecule has 0 atom stereocenters. The second-order valence-electron chi connectivity index (χ2n) is 3.50. The van der Waals surface area contributed by atoms with Gasteiger partial charge in [-0.2, -0.15) is 0 Å². The summed E-state index contributed by atoms with van der Waals surface area (Å²) in [5.74, 6) is 0.201. The number of halogens is 3. The van der Waals surface area contributed by atoms with Gasteiger partial charge in [0, 0.05) is 30.3 Å². The molecule has 0 aliphatic rings. The zero-order chi connectivity index (χ0) is 16.1. The molecule has 0 bridgehead atoms. The number of hydrogen-bond donors (Lipinski definition) is 3. The van der Waals surface area contributed by atoms with Gasteiger partial charge >= 0.3 is 0 Å². The van der Waals surface area contributed by atoms with E-state index in [4.69, 9.17) is 10.8 Å². The predicted molar refractivity (Wildman–Crippen MR) is 79.3 cm³/mol. The van der Waals surface area contributed by atoms with Crippen LogP contribution in [0.1, 0.15) is 18.1 Å². The van der Waals surface area contributed by atoms with Crippen molar-refractivity contribution >= 4 is 18.1 Å². The Labute approximate surface area is 123 Å². The summed E-state index contributed by atoms with van der Waals surface area (Å²) in [5, 5.41) is 10.8. The Kier molecular flexibility index (Phi) is 13.8. The summed E-state index contributed by atoms with van der Waals surface area (Å²) in [6.45, 7) is 2.27. The molecular formula is C13H21F3N2OS. The van der Waals surface area contributed by atoms with E-state index in [0.717, 1.165) is 0 Å². The maximum absolute atomic E-state index is 13.2. The highest BCUT2D eigenvalue weighted by Crippen LogP contribution is 2.20. The molecule has 0 aliphatic heterocycles. The summed E-state index contributed by atoms with van der Waals surface area (Å²) in [7, 11) is 1.80. The van der Waals surface area contributed by atoms with E-state index in [1.165, 1.54) is 0 Å². The Hall–Kier alpha value is -1.02. The van der Waals surface area contributed by atoms with E-state index in [1.54, 1.807) is 14.0 Å². The predicted octanol–water partition coefficient (Wildman–Crippen LogP) is 1.94. The van der Waals surface area contributed by atoms with Gasteiger partial charge in [-0.05, 0) is 19.3 Å². The third kappa shape index (κ3) is 6.95. The van der Waals surface area contributed by atoms with Gasteiger partial charge < -0.3 is 16.2 Å². The minimum atomic E-state index is -0.922. The monoisotopic (exact) mass is 310 g/mol. The molecule has 0 spiro atoms. The van der Waals surface area contributed by atoms with Crippen molar-refractivity contribution in [2.24, 2.45) is 5.73 Å². The van der Waals surface area contributed by atoms with Crippen LogP contribution < -0.4 is 11.1 Å². The summed E-state index contributed by atoms with van der Waals surface area (Å²) in [4.78, 5) is 0. The topological polar surface area (TPSA) is 58.3 Å². The van der Waals surface area contributed by atoms with Crippen molar-refractivity contribution in [3.8, 4) is 0 Å². The number of benzene rings is 1. The molecule has 0 heterocycles. The van der Waals surface area contributed by atoms with Crippen LogP contribution in [0, 0.1) is 17.5 Å². The van der Waals surface area contributed by atoms with E-state index in [1.807, 2.05) is 0 Å². The Bertz CT molecular complexity index is 362. The van der Waals surface area contributed by atoms with Crippen LogP contribution in [0.5, 0.6) is 0 Å². The Morgan fingerprint density at radius 3 is 2.05 bits per heavy atom. The number of aliphatic hydroxyl groups is 1. The van der Waals surface area contributed by atoms with Gasteiger partial charge in [-0.1, -0.05) is 19.1 Å². The fraction of sp³-hybridized carbons (Fsp3) is 0.462. The van der Waals surface area contributed by atoms with Crippen LogP contribution in [-0.2, 0) is 13.0 Å². The molecule has 0 fully saturated rings. The standard InChI is InChI=1S/C9H10F3N.C3H9NO.CH2S/c1-2-5-7(10)3-8(11)6(4-13)9(5)12;1-4-2-3-5;1-2/h3H,2,4,13H2,1H3;4-5H,2-3H2,1H3;1H2. The van der Waals surface area contributed by atoms with Crippen LogP contribution in [0.4, 0.5) is 13.2 Å². The molecule has 7 heteroatoms. The van der Waals surface area contributed by atoms with E-state index in [2.05, 4.69) is 23.4 Å². The van der Waals surface area contributed by atoms with Crippen LogP contribution in [-0.4, -0.2) is 31.2 Å². The van der Waals surface area contributed by atoms with E-state index >= 15 is 0 Å². The molecule has 1 aromatic rings. The summed E-state index contributed by atoms with van der Waals surface area (Å²) in [6, 6.07) is 0.671. The van der Waals surface area contributed by atoms with Crippen molar-refractivity contribution in [1.29, 1.82) is 0 Å². The van der Waals surface area contributed by atoms with Gasteiger partial charge in [0.25, 0.3) is 0 Å². The second kappa shape index (κ2) is 13.0. The van der Waals surface area contributed by atoms with Crippen molar-refractivity contribution in [1.82, 2.24) is 5.32 Å². The average Bonchev–Trinajstić information content (AvgIpc) is 2.43. The van der Waals surface area contributed by atoms with Crippen LogP contribution in [0.25, 0.3) is 0 Å². The maximum atomic E-state index is 13.2. The minimum absolute atomic E-state index is 0.109. The van der Waals surface area contributed by atoms with Crippen LogP contribution in [0.3, 0.4) is 0 Å². The van der Waals surface area contributed by atoms with Gasteiger partial charge in [-0.3, -0.25) is 0 Å². The molecule has 0 saturated heterocycles. The van der Waals surface area contributed by atoms with Crippen molar-refractivity contribution in [3.63, 3.8) is 0 Å². The van der Waals surface area contributed by atoms with Crippen molar-refractivity contribution in [2.45, 2.75) is 19.9 Å². The molecule has 0 radical (unpaired) electrons. The first-order valence-electron chi connectivity index (χ1n) is 5.93. The van der Waals surface area contributed by atoms with Crippen molar-refractivity contribution < 1.29 is 18.3 Å². The van der Waals surface area contributed by atoms with Gasteiger partial charge in [-0.25, -0.2) is 13.2 Å². The molecule has 1 aromatic carbocycles. The molecule has 3 nitrogen and oxygen atoms in total. The van der Waals surface area contributed by atoms with E-state index in [-0.39, 0.29) is 30.7 Å². The average molecular weight is 310 g/mol. The van der Waals surface area contributed by atoms with E-state index < -0.39 is 17.5 Å². The fourth-order valence-electron chi connectivity index (χ4n) is 1.30. The number of nitrogens with one attached hydrogen (secondary N) is 1. The van der Waals surface area contributed by atoms with Gasteiger partial charge in [0.2, 0.25) is 0 Å². The van der Waals surface area contributed by atoms with Crippen molar-refractivity contribution in [2.75, 3.05) is 20.2 Å². The molecule has 4 N–H and O–H groups in total. The molecule has 116 valence electrons. The zero-order valence-corrected chi connectivity index (χ0v) is 12.5. The Balaban J connectivity index is 0. The van der Waals surface area contributed by atoms with Crippen LogP contribution >= 0.6 is 12.2 Å². The highest BCUT2D eigenvalue weighted by Gasteiger charge is 2.15. The van der Waals surface area contributed by atoms with Gasteiger partial charge in [0.15, 0.2) is 0 Å². The maximum Gasteiger partial charge on any atom is 0.136 e. The number of likely N-dealkylation sites (N-methyl/N-ethyl adjacent to an activating group) is 1. The summed E-state index contributed by atoms with van der Waals surface area (Å²) in [6.07, 6.45) is 0.185. The van der Waals surface area contributed by atoms with Crippen LogP contribution in [0.2, 0.25) is 0 Å². The highest BCUT2D eigenvalue weighted by molar-refractivity contribution is 7.77. The quantitative estimate of drug-likeness (QED) is 0.744. The second-order valence-corrected chi connectivity index (χ2v) is 3.50. The minimum Gasteiger partial charge on any atom is -0.395 e. The Morgan fingerprint density at radius 1 is 1.25 bits per heavy atom. The molecule has 0 saturated carbocycles. The van der Waals surface area contributed by atoms with Gasteiger partial charge in [0.1, 0.15) is 17.5 Å². The normalized spacial score (nSPS) is 9.15. The largest absolute Gasteiger partial charge is 0.395 e. The molecule has 0 aromatic heterocycles. The molecular weight excluding hydrogens is 289 g/mol. The molecule has 20 heavy (non-hydrogen) atoms. The third-order valence-corrected chi connectivity index (χ3v) is 2.28. The lowest BCUT2D eigenvalue weighted by Gasteiger charge is -2.07. The lowest BCUT2D eigenvalue weighted by atomic mass is 10.1. The number of aliphatic hydroxyl groups excluding tert-OH is 1. The van der Waals surface area contributed by atoms with Crippen molar-refractivity contribution in [3.05, 3.63) is 34.6 Å². The first-order valence-corrected chi connectivity index (χ1v) is 6.50. The van der Waals surface area contributed by atoms with Gasteiger partial charge in [0.05, 0.1) is 6.61 Å². The number of hydrogen-bond acceptors (Lipinski definition) is 4. The molecule has 1 rings (SSSR count). The lowest BCUT2D eigenvalue weighted by Crippen LogP contribution is -2.10. The summed E-state index contributed by atoms with van der Waals surface area (Å²) >= 11 is 3.83. The molecule has 0 aliphatic carbocycles. The lowest BCUT2D eigenvalue weighted by molar-refractivity contribution is 0.296. The Morgan fingerprint density at radius 2 is 1.75 bits per heavy atom. The number of rotatable bonds is 4. The fourth-order valence-corrected chi connectivity index (χ4v) is 1.30. The summed E-state index contributed by atoms with van der Waals surface area (Å²) < 4.78 is 39.0. The number of thiocarbonyl (C=S) groups is 1. The summed E-state index contributed by atoms with van der Waals surface area (Å²) in [5.41, 5.74) is 4.76. The van der Waals surface area contributed by atoms with Gasteiger partial charge in [-0.15, -0.1) is 0 Å². The molecule has 0 amide bonds. The first kappa shape index (κ1) is 21.3. The van der Waals surface area contributed by atoms with E-state index in [9.17, 15) is 13.2 Å². The highest BCUT2D eigenvalue weighted by atomic mass is 32.1. The smallest absolute Gasteiger partial charge is 0.136 e. The SMILES string of the molecule is C=S.CCc1c(F)cc(F)c(CN)c1F.CNCCO. The number of nitrogens with two attached hydrogens (primary N) is 1. The zero-order valence-electron chi connectivity index (χ0n) is 11.7. The molecule has 0 unspecified atom stereocenters. The first-order chi connectivity index (χ1) is 9.53. The third-order valence-electron chi connectivity index (χ3n) is 2.28. The van der Waals surface area contributed by atoms with Crippen LogP contribution in [0.15, 0.2) is 6.07 Å².